The molecule has 2 aromatic carbocycles. The van der Waals surface area contributed by atoms with Crippen molar-refractivity contribution in [2.24, 2.45) is 5.16 Å². The van der Waals surface area contributed by atoms with Crippen molar-refractivity contribution in [3.8, 4) is 0 Å². The van der Waals surface area contributed by atoms with Gasteiger partial charge in [-0.05, 0) is 31.2 Å². The summed E-state index contributed by atoms with van der Waals surface area (Å²) in [6, 6.07) is 5.26. The molecule has 0 spiro atoms. The highest BCUT2D eigenvalue weighted by Gasteiger charge is 2.95. The topological polar surface area (TPSA) is 55.7 Å². The van der Waals surface area contributed by atoms with E-state index in [2.05, 4.69) is 25.4 Å². The molecule has 0 saturated carbocycles. The minimum Gasteiger partial charge on any atom is -0.264 e. The van der Waals surface area contributed by atoms with Gasteiger partial charge in [-0.2, -0.15) is 83.1 Å². The number of aryl methyl sites for hydroxylation is 1. The molecule has 254 valence electrons. The van der Waals surface area contributed by atoms with E-state index in [1.807, 2.05) is 0 Å². The summed E-state index contributed by atoms with van der Waals surface area (Å²) >= 11 is 2.70. The van der Waals surface area contributed by atoms with Gasteiger partial charge in [0.1, 0.15) is 4.90 Å². The first-order valence-electron chi connectivity index (χ1n) is 10.9. The Bertz CT molecular complexity index is 1520. The van der Waals surface area contributed by atoms with Crippen LogP contribution >= 0.6 is 15.9 Å². The van der Waals surface area contributed by atoms with Gasteiger partial charge in [0.25, 0.3) is 0 Å². The normalized spacial score (nSPS) is 15.3. The molecule has 0 atom stereocenters. The second-order valence-corrected chi connectivity index (χ2v) is 11.3. The summed E-state index contributed by atoms with van der Waals surface area (Å²) in [6.07, 6.45) is -7.89. The zero-order valence-corrected chi connectivity index (χ0v) is 23.4. The molecule has 0 amide bonds. The molecule has 23 heteroatoms. The monoisotopic (exact) mass is 771 g/mol. The molecule has 2 rings (SSSR count). The van der Waals surface area contributed by atoms with Crippen LogP contribution in [0.25, 0.3) is 0 Å². The molecule has 0 unspecified atom stereocenters. The number of nitrogens with zero attached hydrogens (tertiary/aromatic N) is 1. The third-order valence-electron chi connectivity index (χ3n) is 5.67. The first kappa shape index (κ1) is 38.3. The van der Waals surface area contributed by atoms with Crippen LogP contribution in [-0.2, 0) is 14.4 Å². The molecule has 0 heterocycles. The van der Waals surface area contributed by atoms with Gasteiger partial charge in [0.2, 0.25) is 0 Å². The average Bonchev–Trinajstić information content (AvgIpc) is 2.88. The van der Waals surface area contributed by atoms with E-state index >= 15 is 8.78 Å². The number of oxime groups is 1. The molecule has 0 radical (unpaired) electrons. The molecule has 4 nitrogen and oxygen atoms in total. The molecule has 2 aromatic rings. The van der Waals surface area contributed by atoms with Crippen molar-refractivity contribution in [2.45, 2.75) is 59.5 Å². The smallest absolute Gasteiger partial charge is 0.264 e. The van der Waals surface area contributed by atoms with Crippen molar-refractivity contribution in [2.75, 3.05) is 0 Å². The summed E-state index contributed by atoms with van der Waals surface area (Å²) in [4.78, 5) is -0.966. The quantitative estimate of drug-likeness (QED) is 0.130. The molecule has 0 fully saturated rings. The Labute approximate surface area is 248 Å². The van der Waals surface area contributed by atoms with Crippen LogP contribution in [0.1, 0.15) is 11.1 Å². The lowest BCUT2D eigenvalue weighted by atomic mass is 9.87. The number of hydrogen-bond donors (Lipinski definition) is 0. The average molecular weight is 772 g/mol. The van der Waals surface area contributed by atoms with Crippen molar-refractivity contribution in [1.29, 1.82) is 0 Å². The van der Waals surface area contributed by atoms with E-state index < -0.39 is 73.9 Å². The summed E-state index contributed by atoms with van der Waals surface area (Å²) in [5.41, 5.74) is -4.29. The molecule has 0 aliphatic carbocycles. The fraction of sp³-hybridized carbons (Fsp3) is 0.409. The van der Waals surface area contributed by atoms with Crippen LogP contribution in [0.15, 0.2) is 63.1 Å². The Balaban J connectivity index is 2.79. The second-order valence-electron chi connectivity index (χ2n) is 8.81. The van der Waals surface area contributed by atoms with E-state index in [1.54, 1.807) is 0 Å². The van der Waals surface area contributed by atoms with Crippen molar-refractivity contribution in [3.05, 3.63) is 64.1 Å². The largest absolute Gasteiger partial charge is 0.460 e. The SMILES string of the molecule is Cc1ccc(S(=O)(=O)O/N=C(\c2ccc(Br)cc2)C(F)(F)C(F)(F)C(F)(F)C(F)(F)C(F)(F)C(F)(F)C(F)(F)C(F)(F)F)cc1. The van der Waals surface area contributed by atoms with Crippen LogP contribution in [0.3, 0.4) is 0 Å². The van der Waals surface area contributed by atoms with Gasteiger partial charge in [0.15, 0.2) is 5.71 Å². The highest BCUT2D eigenvalue weighted by atomic mass is 79.9. The highest BCUT2D eigenvalue weighted by molar-refractivity contribution is 9.10. The lowest BCUT2D eigenvalue weighted by Gasteiger charge is -2.42. The van der Waals surface area contributed by atoms with E-state index in [4.69, 9.17) is 0 Å². The lowest BCUT2D eigenvalue weighted by molar-refractivity contribution is -0.458. The van der Waals surface area contributed by atoms with Gasteiger partial charge >= 0.3 is 57.8 Å². The zero-order valence-electron chi connectivity index (χ0n) is 21.0. The third-order valence-corrected chi connectivity index (χ3v) is 7.32. The van der Waals surface area contributed by atoms with Gasteiger partial charge in [-0.15, -0.1) is 0 Å². The number of benzene rings is 2. The van der Waals surface area contributed by atoms with E-state index in [0.29, 0.717) is 29.8 Å². The zero-order chi connectivity index (χ0) is 35.5. The van der Waals surface area contributed by atoms with Crippen molar-refractivity contribution in [3.63, 3.8) is 0 Å². The Kier molecular flexibility index (Phi) is 9.74. The molecule has 0 aromatic heterocycles. The summed E-state index contributed by atoms with van der Waals surface area (Å²) < 4.78 is 262. The minimum absolute atomic E-state index is 0.113. The van der Waals surface area contributed by atoms with Crippen molar-refractivity contribution in [1.82, 2.24) is 0 Å². The van der Waals surface area contributed by atoms with E-state index in [-0.39, 0.29) is 16.6 Å². The minimum atomic E-state index is -8.83. The Morgan fingerprint density at radius 1 is 0.600 bits per heavy atom. The summed E-state index contributed by atoms with van der Waals surface area (Å²) in [6.45, 7) is 1.41. The maximum absolute atomic E-state index is 15.1. The maximum atomic E-state index is 15.1. The highest BCUT2D eigenvalue weighted by Crippen LogP contribution is 2.64. The molecular formula is C22H11BrF17NO3S. The standard InChI is InChI=1S/C22H11BrF17NO3S/c1-10-2-8-13(9-3-10)45(42,43)44-41-14(11-4-6-12(23)7-5-11)15(24,25)16(26,27)17(28,29)18(30,31)19(32,33)20(34,35)21(36,37)22(38,39)40/h2-9H,1H3/b41-14+. The Hall–Kier alpha value is -2.85. The van der Waals surface area contributed by atoms with E-state index in [9.17, 15) is 74.3 Å². The number of hydrogen-bond acceptors (Lipinski definition) is 4. The van der Waals surface area contributed by atoms with Gasteiger partial charge in [-0.1, -0.05) is 50.9 Å². The molecule has 45 heavy (non-hydrogen) atoms. The van der Waals surface area contributed by atoms with Crippen LogP contribution in [0, 0.1) is 6.92 Å². The van der Waals surface area contributed by atoms with Crippen LogP contribution in [0.2, 0.25) is 0 Å². The molecule has 0 saturated heterocycles. The molecule has 0 N–H and O–H groups in total. The van der Waals surface area contributed by atoms with Gasteiger partial charge in [-0.3, -0.25) is 4.28 Å². The van der Waals surface area contributed by atoms with Crippen LogP contribution in [-0.4, -0.2) is 61.8 Å². The Morgan fingerprint density at radius 3 is 1.38 bits per heavy atom. The van der Waals surface area contributed by atoms with E-state index in [1.165, 1.54) is 6.92 Å². The molecule has 0 aliphatic rings. The van der Waals surface area contributed by atoms with Gasteiger partial charge in [0.05, 0.1) is 0 Å². The fourth-order valence-electron chi connectivity index (χ4n) is 3.05. The first-order valence-corrected chi connectivity index (χ1v) is 13.1. The number of rotatable bonds is 11. The number of alkyl halides is 17. The second kappa shape index (κ2) is 11.4. The van der Waals surface area contributed by atoms with Crippen molar-refractivity contribution >= 4 is 31.8 Å². The maximum Gasteiger partial charge on any atom is 0.460 e. The van der Waals surface area contributed by atoms with E-state index in [0.717, 1.165) is 12.1 Å². The summed E-state index contributed by atoms with van der Waals surface area (Å²) in [5, 5.41) is 2.11. The van der Waals surface area contributed by atoms with Crippen LogP contribution in [0.5, 0.6) is 0 Å². The number of halogens is 18. The Morgan fingerprint density at radius 2 is 0.978 bits per heavy atom. The predicted octanol–water partition coefficient (Wildman–Crippen LogP) is 8.88. The summed E-state index contributed by atoms with van der Waals surface area (Å²) in [7, 11) is -5.45. The van der Waals surface area contributed by atoms with Crippen LogP contribution < -0.4 is 0 Å². The fourth-order valence-corrected chi connectivity index (χ4v) is 4.04. The lowest BCUT2D eigenvalue weighted by Crippen LogP contribution is -2.75. The molecule has 0 aliphatic heterocycles. The van der Waals surface area contributed by atoms with Gasteiger partial charge < -0.3 is 0 Å². The molecular weight excluding hydrogens is 761 g/mol. The predicted molar refractivity (Wildman–Crippen MR) is 121 cm³/mol. The van der Waals surface area contributed by atoms with Crippen LogP contribution in [0.4, 0.5) is 74.6 Å². The third kappa shape index (κ3) is 6.04. The first-order chi connectivity index (χ1) is 19.8. The molecule has 0 bridgehead atoms. The van der Waals surface area contributed by atoms with Crippen molar-refractivity contribution < 1.29 is 87.3 Å². The van der Waals surface area contributed by atoms with Gasteiger partial charge in [-0.25, -0.2) is 0 Å². The summed E-state index contributed by atoms with van der Waals surface area (Å²) in [5.74, 6) is -58.6. The van der Waals surface area contributed by atoms with Gasteiger partial charge in [0, 0.05) is 10.0 Å².